The molecular weight excluding hydrogens is 252 g/mol. The van der Waals surface area contributed by atoms with Crippen LogP contribution in [0.15, 0.2) is 24.3 Å². The molecule has 1 unspecified atom stereocenters. The minimum absolute atomic E-state index is 0.290. The molecule has 1 atom stereocenters. The fraction of sp³-hybridized carbons (Fsp3) is 0.562. The summed E-state index contributed by atoms with van der Waals surface area (Å²) in [6.07, 6.45) is 2.11. The molecule has 0 fully saturated rings. The summed E-state index contributed by atoms with van der Waals surface area (Å²) in [5.74, 6) is 0.578. The van der Waals surface area contributed by atoms with Gasteiger partial charge in [-0.3, -0.25) is 0 Å². The van der Waals surface area contributed by atoms with Gasteiger partial charge in [-0.2, -0.15) is 0 Å². The Morgan fingerprint density at radius 2 is 1.68 bits per heavy atom. The Hall–Kier alpha value is -1.09. The van der Waals surface area contributed by atoms with Gasteiger partial charge >= 0.3 is 0 Å². The van der Waals surface area contributed by atoms with Crippen LogP contribution in [0.2, 0.25) is 0 Å². The topological polar surface area (TPSA) is 24.1 Å². The second-order valence-corrected chi connectivity index (χ2v) is 5.59. The molecule has 0 heterocycles. The lowest BCUT2D eigenvalue weighted by Crippen LogP contribution is -2.37. The Morgan fingerprint density at radius 3 is 2.16 bits per heavy atom. The molecule has 19 heavy (non-hydrogen) atoms. The number of benzene rings is 1. The molecule has 0 aromatic heterocycles. The maximum absolute atomic E-state index is 5.31. The van der Waals surface area contributed by atoms with Crippen molar-refractivity contribution in [1.29, 1.82) is 0 Å². The van der Waals surface area contributed by atoms with Crippen molar-refractivity contribution in [2.75, 3.05) is 6.54 Å². The first-order valence-corrected chi connectivity index (χ1v) is 7.63. The predicted molar refractivity (Wildman–Crippen MR) is 87.6 cm³/mol. The van der Waals surface area contributed by atoms with Crippen LogP contribution in [0.3, 0.4) is 0 Å². The van der Waals surface area contributed by atoms with Gasteiger partial charge < -0.3 is 10.6 Å². The van der Waals surface area contributed by atoms with Crippen LogP contribution in [0, 0.1) is 0 Å². The largest absolute Gasteiger partial charge is 0.363 e. The van der Waals surface area contributed by atoms with E-state index in [0.29, 0.717) is 5.92 Å². The molecule has 106 valence electrons. The molecule has 0 spiro atoms. The third-order valence-corrected chi connectivity index (χ3v) is 3.52. The van der Waals surface area contributed by atoms with E-state index in [1.165, 1.54) is 11.1 Å². The number of hydrogen-bond acceptors (Lipinski definition) is 1. The zero-order valence-electron chi connectivity index (χ0n) is 12.5. The number of hydrogen-bond donors (Lipinski definition) is 2. The molecule has 0 radical (unpaired) electrons. The first-order chi connectivity index (χ1) is 9.08. The average molecular weight is 278 g/mol. The lowest BCUT2D eigenvalue weighted by Gasteiger charge is -2.20. The van der Waals surface area contributed by atoms with Crippen LogP contribution >= 0.6 is 12.2 Å². The summed E-state index contributed by atoms with van der Waals surface area (Å²) < 4.78 is 0. The van der Waals surface area contributed by atoms with Gasteiger partial charge in [-0.1, -0.05) is 52.0 Å². The second kappa shape index (κ2) is 8.16. The van der Waals surface area contributed by atoms with Gasteiger partial charge in [-0.15, -0.1) is 0 Å². The van der Waals surface area contributed by atoms with Crippen molar-refractivity contribution in [3.63, 3.8) is 0 Å². The smallest absolute Gasteiger partial charge is 0.166 e. The van der Waals surface area contributed by atoms with Gasteiger partial charge in [0.05, 0.1) is 6.04 Å². The molecule has 1 aromatic carbocycles. The minimum atomic E-state index is 0.290. The molecule has 0 aliphatic carbocycles. The molecule has 0 bridgehead atoms. The highest BCUT2D eigenvalue weighted by atomic mass is 32.1. The quantitative estimate of drug-likeness (QED) is 0.765. The van der Waals surface area contributed by atoms with E-state index in [1.807, 2.05) is 0 Å². The van der Waals surface area contributed by atoms with Crippen molar-refractivity contribution in [2.24, 2.45) is 0 Å². The van der Waals surface area contributed by atoms with Crippen LogP contribution in [0.1, 0.15) is 63.6 Å². The first kappa shape index (κ1) is 16.0. The fourth-order valence-electron chi connectivity index (χ4n) is 1.98. The van der Waals surface area contributed by atoms with Gasteiger partial charge in [0.25, 0.3) is 0 Å². The first-order valence-electron chi connectivity index (χ1n) is 7.22. The Balaban J connectivity index is 2.66. The Labute approximate surface area is 123 Å². The van der Waals surface area contributed by atoms with Gasteiger partial charge in [0.2, 0.25) is 0 Å². The van der Waals surface area contributed by atoms with E-state index < -0.39 is 0 Å². The maximum atomic E-state index is 5.31. The lowest BCUT2D eigenvalue weighted by molar-refractivity contribution is 0.615. The van der Waals surface area contributed by atoms with E-state index in [1.54, 1.807) is 0 Å². The highest BCUT2D eigenvalue weighted by Crippen LogP contribution is 2.20. The minimum Gasteiger partial charge on any atom is -0.363 e. The van der Waals surface area contributed by atoms with Crippen LogP contribution in [0.25, 0.3) is 0 Å². The summed E-state index contributed by atoms with van der Waals surface area (Å²) in [5, 5.41) is 7.36. The molecule has 0 aliphatic rings. The molecule has 0 saturated heterocycles. The average Bonchev–Trinajstić information content (AvgIpc) is 2.42. The second-order valence-electron chi connectivity index (χ2n) is 5.18. The van der Waals surface area contributed by atoms with Crippen LogP contribution in [-0.4, -0.2) is 11.7 Å². The molecule has 0 saturated carbocycles. The standard InChI is InChI=1S/C16H26N2S/c1-5-11-17-16(19)18-15(6-2)14-9-7-13(8-10-14)12(3)4/h7-10,12,15H,5-6,11H2,1-4H3,(H2,17,18,19). The van der Waals surface area contributed by atoms with Crippen molar-refractivity contribution in [3.05, 3.63) is 35.4 Å². The summed E-state index contributed by atoms with van der Waals surface area (Å²) in [6, 6.07) is 9.13. The highest BCUT2D eigenvalue weighted by molar-refractivity contribution is 7.80. The Kier molecular flexibility index (Phi) is 6.85. The van der Waals surface area contributed by atoms with Gasteiger partial charge in [-0.25, -0.2) is 0 Å². The van der Waals surface area contributed by atoms with E-state index in [0.717, 1.165) is 24.5 Å². The summed E-state index contributed by atoms with van der Waals surface area (Å²) in [6.45, 7) is 9.67. The third-order valence-electron chi connectivity index (χ3n) is 3.25. The van der Waals surface area contributed by atoms with Gasteiger partial charge in [0.1, 0.15) is 0 Å². The lowest BCUT2D eigenvalue weighted by atomic mass is 9.98. The molecule has 2 nitrogen and oxygen atoms in total. The van der Waals surface area contributed by atoms with Crippen molar-refractivity contribution < 1.29 is 0 Å². The van der Waals surface area contributed by atoms with Gasteiger partial charge in [0, 0.05) is 6.54 Å². The van der Waals surface area contributed by atoms with Gasteiger partial charge in [0.15, 0.2) is 5.11 Å². The molecule has 2 N–H and O–H groups in total. The number of thiocarbonyl (C=S) groups is 1. The Morgan fingerprint density at radius 1 is 1.11 bits per heavy atom. The number of rotatable bonds is 6. The van der Waals surface area contributed by atoms with E-state index in [2.05, 4.69) is 62.6 Å². The van der Waals surface area contributed by atoms with Crippen LogP contribution in [0.5, 0.6) is 0 Å². The van der Waals surface area contributed by atoms with E-state index in [9.17, 15) is 0 Å². The van der Waals surface area contributed by atoms with Crippen molar-refractivity contribution in [1.82, 2.24) is 10.6 Å². The fourth-order valence-corrected chi connectivity index (χ4v) is 2.23. The van der Waals surface area contributed by atoms with Crippen LogP contribution < -0.4 is 10.6 Å². The van der Waals surface area contributed by atoms with Crippen molar-refractivity contribution >= 4 is 17.3 Å². The molecule has 0 aliphatic heterocycles. The molecule has 0 amide bonds. The third kappa shape index (κ3) is 5.19. The predicted octanol–water partition coefficient (Wildman–Crippen LogP) is 4.14. The summed E-state index contributed by atoms with van der Waals surface area (Å²) >= 11 is 5.31. The number of nitrogens with one attached hydrogen (secondary N) is 2. The van der Waals surface area contributed by atoms with E-state index >= 15 is 0 Å². The van der Waals surface area contributed by atoms with Gasteiger partial charge in [-0.05, 0) is 42.1 Å². The highest BCUT2D eigenvalue weighted by Gasteiger charge is 2.10. The van der Waals surface area contributed by atoms with Crippen LogP contribution in [0.4, 0.5) is 0 Å². The molecular formula is C16H26N2S. The SMILES string of the molecule is CCCNC(=S)NC(CC)c1ccc(C(C)C)cc1. The monoisotopic (exact) mass is 278 g/mol. The summed E-state index contributed by atoms with van der Waals surface area (Å²) in [5.41, 5.74) is 2.68. The maximum Gasteiger partial charge on any atom is 0.166 e. The van der Waals surface area contributed by atoms with E-state index in [4.69, 9.17) is 12.2 Å². The Bertz CT molecular complexity index is 384. The summed E-state index contributed by atoms with van der Waals surface area (Å²) in [4.78, 5) is 0. The van der Waals surface area contributed by atoms with Crippen molar-refractivity contribution in [3.8, 4) is 0 Å². The zero-order valence-corrected chi connectivity index (χ0v) is 13.3. The van der Waals surface area contributed by atoms with E-state index in [-0.39, 0.29) is 6.04 Å². The molecule has 1 aromatic rings. The van der Waals surface area contributed by atoms with Crippen LogP contribution in [-0.2, 0) is 0 Å². The summed E-state index contributed by atoms with van der Waals surface area (Å²) in [7, 11) is 0. The van der Waals surface area contributed by atoms with Crippen molar-refractivity contribution in [2.45, 2.75) is 52.5 Å². The molecule has 1 rings (SSSR count). The molecule has 3 heteroatoms. The normalized spacial score (nSPS) is 12.3. The zero-order chi connectivity index (χ0) is 14.3.